The van der Waals surface area contributed by atoms with Gasteiger partial charge in [0.2, 0.25) is 0 Å². The number of unbranched alkanes of at least 4 members (excludes halogenated alkanes) is 3. The van der Waals surface area contributed by atoms with E-state index in [0.717, 1.165) is 37.8 Å². The maximum Gasteiger partial charge on any atom is 0.417 e. The average Bonchev–Trinajstić information content (AvgIpc) is 2.73. The number of methoxy groups -OCH3 is 1. The molecule has 0 bridgehead atoms. The predicted molar refractivity (Wildman–Crippen MR) is 114 cm³/mol. The van der Waals surface area contributed by atoms with Crippen molar-refractivity contribution in [2.45, 2.75) is 38.8 Å². The van der Waals surface area contributed by atoms with E-state index in [1.165, 1.54) is 25.5 Å². The minimum absolute atomic E-state index is 0.296. The van der Waals surface area contributed by atoms with Gasteiger partial charge in [0.25, 0.3) is 5.91 Å². The van der Waals surface area contributed by atoms with Crippen molar-refractivity contribution in [3.05, 3.63) is 58.1 Å². The lowest BCUT2D eigenvalue weighted by molar-refractivity contribution is -0.137. The summed E-state index contributed by atoms with van der Waals surface area (Å²) in [5.41, 5.74) is 1.02. The van der Waals surface area contributed by atoms with Crippen LogP contribution in [0, 0.1) is 0 Å². The monoisotopic (exact) mass is 456 g/mol. The van der Waals surface area contributed by atoms with Crippen molar-refractivity contribution in [1.82, 2.24) is 5.43 Å². The van der Waals surface area contributed by atoms with Crippen LogP contribution >= 0.6 is 11.6 Å². The summed E-state index contributed by atoms with van der Waals surface area (Å²) in [4.78, 5) is 12.1. The molecule has 0 aromatic heterocycles. The first-order valence-corrected chi connectivity index (χ1v) is 10.2. The molecule has 1 amide bonds. The zero-order valence-electron chi connectivity index (χ0n) is 17.3. The van der Waals surface area contributed by atoms with Crippen LogP contribution < -0.4 is 14.9 Å². The zero-order valence-corrected chi connectivity index (χ0v) is 18.0. The van der Waals surface area contributed by atoms with Gasteiger partial charge in [-0.15, -0.1) is 0 Å². The zero-order chi connectivity index (χ0) is 22.9. The van der Waals surface area contributed by atoms with Crippen molar-refractivity contribution in [2.24, 2.45) is 5.10 Å². The summed E-state index contributed by atoms with van der Waals surface area (Å²) in [6, 6.07) is 7.64. The summed E-state index contributed by atoms with van der Waals surface area (Å²) >= 11 is 6.28. The first-order valence-electron chi connectivity index (χ1n) is 9.77. The standard InChI is InChI=1S/C22H24ClF3N2O3/c1-3-4-5-8-11-31-20-18(23)12-15(13-19(20)30-2)14-27-28-21(29)16-9-6-7-10-17(16)22(24,25)26/h6-7,9-10,12-14H,3-5,8,11H2,1-2H3,(H,28,29)/b27-14+. The van der Waals surface area contributed by atoms with Gasteiger partial charge in [-0.2, -0.15) is 18.3 Å². The molecular weight excluding hydrogens is 433 g/mol. The Bertz CT molecular complexity index is 917. The molecule has 0 saturated carbocycles. The fourth-order valence-electron chi connectivity index (χ4n) is 2.81. The van der Waals surface area contributed by atoms with Gasteiger partial charge >= 0.3 is 6.18 Å². The van der Waals surface area contributed by atoms with Crippen LogP contribution in [0.4, 0.5) is 13.2 Å². The maximum absolute atomic E-state index is 13.1. The first-order chi connectivity index (χ1) is 14.8. The van der Waals surface area contributed by atoms with Gasteiger partial charge in [-0.3, -0.25) is 4.79 Å². The highest BCUT2D eigenvalue weighted by molar-refractivity contribution is 6.32. The molecule has 2 aromatic carbocycles. The number of halogens is 4. The third kappa shape index (κ3) is 7.17. The van der Waals surface area contributed by atoms with Gasteiger partial charge in [-0.25, -0.2) is 5.43 Å². The second-order valence-electron chi connectivity index (χ2n) is 6.69. The highest BCUT2D eigenvalue weighted by atomic mass is 35.5. The van der Waals surface area contributed by atoms with Crippen LogP contribution in [0.2, 0.25) is 5.02 Å². The number of carbonyl (C=O) groups is 1. The van der Waals surface area contributed by atoms with Crippen molar-refractivity contribution >= 4 is 23.7 Å². The molecular formula is C22H24ClF3N2O3. The lowest BCUT2D eigenvalue weighted by Crippen LogP contribution is -2.22. The summed E-state index contributed by atoms with van der Waals surface area (Å²) in [5, 5.41) is 4.03. The summed E-state index contributed by atoms with van der Waals surface area (Å²) < 4.78 is 50.2. The van der Waals surface area contributed by atoms with Gasteiger partial charge in [0, 0.05) is 0 Å². The summed E-state index contributed by atoms with van der Waals surface area (Å²) in [6.45, 7) is 2.62. The number of rotatable bonds is 10. The third-order valence-corrected chi connectivity index (χ3v) is 4.63. The molecule has 2 rings (SSSR count). The number of benzene rings is 2. The third-order valence-electron chi connectivity index (χ3n) is 4.35. The first kappa shape index (κ1) is 24.5. The molecule has 0 aliphatic rings. The van der Waals surface area contributed by atoms with Gasteiger partial charge in [-0.05, 0) is 36.2 Å². The van der Waals surface area contributed by atoms with Crippen molar-refractivity contribution in [1.29, 1.82) is 0 Å². The molecule has 0 unspecified atom stereocenters. The maximum atomic E-state index is 13.1. The summed E-state index contributed by atoms with van der Waals surface area (Å²) in [5.74, 6) is -0.187. The highest BCUT2D eigenvalue weighted by Gasteiger charge is 2.34. The van der Waals surface area contributed by atoms with Crippen LogP contribution in [0.5, 0.6) is 11.5 Å². The second kappa shape index (κ2) is 11.6. The Morgan fingerprint density at radius 1 is 1.19 bits per heavy atom. The van der Waals surface area contributed by atoms with Crippen LogP contribution in [-0.4, -0.2) is 25.8 Å². The van der Waals surface area contributed by atoms with E-state index in [4.69, 9.17) is 21.1 Å². The van der Waals surface area contributed by atoms with Crippen LogP contribution in [0.25, 0.3) is 0 Å². The number of hydrogen-bond acceptors (Lipinski definition) is 4. The van der Waals surface area contributed by atoms with Crippen molar-refractivity contribution in [3.8, 4) is 11.5 Å². The van der Waals surface area contributed by atoms with Gasteiger partial charge in [0.1, 0.15) is 0 Å². The van der Waals surface area contributed by atoms with E-state index < -0.39 is 23.2 Å². The minimum atomic E-state index is -4.65. The number of nitrogens with one attached hydrogen (secondary N) is 1. The van der Waals surface area contributed by atoms with Gasteiger partial charge in [0.15, 0.2) is 11.5 Å². The van der Waals surface area contributed by atoms with E-state index in [0.29, 0.717) is 28.7 Å². The summed E-state index contributed by atoms with van der Waals surface area (Å²) in [6.07, 6.45) is 0.804. The smallest absolute Gasteiger partial charge is 0.417 e. The molecule has 0 radical (unpaired) electrons. The van der Waals surface area contributed by atoms with Gasteiger partial charge in [-0.1, -0.05) is 49.9 Å². The lowest BCUT2D eigenvalue weighted by Gasteiger charge is -2.13. The number of nitrogens with zero attached hydrogens (tertiary/aromatic N) is 1. The van der Waals surface area contributed by atoms with Crippen LogP contribution in [0.3, 0.4) is 0 Å². The van der Waals surface area contributed by atoms with Crippen molar-refractivity contribution in [3.63, 3.8) is 0 Å². The molecule has 0 fully saturated rings. The van der Waals surface area contributed by atoms with E-state index in [9.17, 15) is 18.0 Å². The predicted octanol–water partition coefficient (Wildman–Crippen LogP) is 6.09. The quantitative estimate of drug-likeness (QED) is 0.267. The number of carbonyl (C=O) groups excluding carboxylic acids is 1. The van der Waals surface area contributed by atoms with Gasteiger partial charge in [0.05, 0.1) is 36.1 Å². The molecule has 5 nitrogen and oxygen atoms in total. The Kier molecular flexibility index (Phi) is 9.18. The van der Waals surface area contributed by atoms with Crippen LogP contribution in [0.1, 0.15) is 54.1 Å². The molecule has 0 heterocycles. The Hall–Kier alpha value is -2.74. The molecule has 2 aromatic rings. The highest BCUT2D eigenvalue weighted by Crippen LogP contribution is 2.36. The number of alkyl halides is 3. The van der Waals surface area contributed by atoms with Crippen molar-refractivity contribution < 1.29 is 27.4 Å². The number of amides is 1. The van der Waals surface area contributed by atoms with E-state index in [-0.39, 0.29) is 0 Å². The van der Waals surface area contributed by atoms with E-state index in [2.05, 4.69) is 17.5 Å². The SMILES string of the molecule is CCCCCCOc1c(Cl)cc(/C=N/NC(=O)c2ccccc2C(F)(F)F)cc1OC. The summed E-state index contributed by atoms with van der Waals surface area (Å²) in [7, 11) is 1.46. The molecule has 1 N–H and O–H groups in total. The second-order valence-corrected chi connectivity index (χ2v) is 7.09. The Morgan fingerprint density at radius 3 is 2.61 bits per heavy atom. The molecule has 0 aliphatic carbocycles. The number of hydrazone groups is 1. The van der Waals surface area contributed by atoms with Crippen LogP contribution in [-0.2, 0) is 6.18 Å². The van der Waals surface area contributed by atoms with E-state index in [1.54, 1.807) is 12.1 Å². The fraction of sp³-hybridized carbons (Fsp3) is 0.364. The minimum Gasteiger partial charge on any atom is -0.493 e. The largest absolute Gasteiger partial charge is 0.493 e. The molecule has 31 heavy (non-hydrogen) atoms. The topological polar surface area (TPSA) is 59.9 Å². The molecule has 0 aliphatic heterocycles. The molecule has 0 atom stereocenters. The van der Waals surface area contributed by atoms with E-state index >= 15 is 0 Å². The Balaban J connectivity index is 2.08. The molecule has 0 saturated heterocycles. The molecule has 0 spiro atoms. The Labute approximate surface area is 184 Å². The normalized spacial score (nSPS) is 11.5. The molecule has 168 valence electrons. The Morgan fingerprint density at radius 2 is 1.94 bits per heavy atom. The van der Waals surface area contributed by atoms with E-state index in [1.807, 2.05) is 0 Å². The average molecular weight is 457 g/mol. The lowest BCUT2D eigenvalue weighted by atomic mass is 10.1. The van der Waals surface area contributed by atoms with Crippen molar-refractivity contribution in [2.75, 3.05) is 13.7 Å². The number of hydrogen-bond donors (Lipinski definition) is 1. The number of ether oxygens (including phenoxy) is 2. The molecule has 9 heteroatoms. The van der Waals surface area contributed by atoms with Crippen LogP contribution in [0.15, 0.2) is 41.5 Å². The van der Waals surface area contributed by atoms with Gasteiger partial charge < -0.3 is 9.47 Å². The fourth-order valence-corrected chi connectivity index (χ4v) is 3.09.